The van der Waals surface area contributed by atoms with Crippen molar-refractivity contribution < 1.29 is 33.0 Å². The fourth-order valence-corrected chi connectivity index (χ4v) is 1.66. The highest BCUT2D eigenvalue weighted by atomic mass is 79.9. The summed E-state index contributed by atoms with van der Waals surface area (Å²) in [4.78, 5) is 19.5. The average molecular weight is 372 g/mol. The fraction of sp³-hybridized carbons (Fsp3) is 0.333. The molecule has 1 aromatic carbocycles. The molecule has 0 fully saturated rings. The molecule has 0 aliphatic rings. The van der Waals surface area contributed by atoms with Gasteiger partial charge in [0, 0.05) is 10.0 Å². The number of hydrogen-bond donors (Lipinski definition) is 3. The van der Waals surface area contributed by atoms with Gasteiger partial charge in [0.05, 0.1) is 6.42 Å². The molecule has 0 amide bonds. The highest BCUT2D eigenvalue weighted by Gasteiger charge is 2.38. The molecule has 0 saturated heterocycles. The molecule has 5 nitrogen and oxygen atoms in total. The minimum Gasteiger partial charge on any atom is -0.481 e. The Morgan fingerprint density at radius 2 is 1.76 bits per heavy atom. The molecular formula is C12H13BrF3NO4. The number of rotatable bonds is 3. The van der Waals surface area contributed by atoms with E-state index in [1.54, 1.807) is 6.92 Å². The summed E-state index contributed by atoms with van der Waals surface area (Å²) in [5, 5.41) is 15.8. The Balaban J connectivity index is 0.000000486. The van der Waals surface area contributed by atoms with Gasteiger partial charge in [-0.1, -0.05) is 28.1 Å². The Labute approximate surface area is 126 Å². The first-order valence-corrected chi connectivity index (χ1v) is 6.22. The summed E-state index contributed by atoms with van der Waals surface area (Å²) in [5.41, 5.74) is 5.90. The van der Waals surface area contributed by atoms with E-state index in [1.165, 1.54) is 0 Å². The van der Waals surface area contributed by atoms with Crippen LogP contribution in [0.4, 0.5) is 13.2 Å². The van der Waals surface area contributed by atoms with Gasteiger partial charge in [-0.15, -0.1) is 0 Å². The molecule has 21 heavy (non-hydrogen) atoms. The van der Waals surface area contributed by atoms with Gasteiger partial charge in [-0.05, 0) is 24.6 Å². The maximum absolute atomic E-state index is 10.6. The number of carbonyl (C=O) groups is 2. The predicted molar refractivity (Wildman–Crippen MR) is 71.6 cm³/mol. The number of alkyl halides is 3. The van der Waals surface area contributed by atoms with Gasteiger partial charge >= 0.3 is 18.1 Å². The van der Waals surface area contributed by atoms with Crippen LogP contribution in [0.1, 0.15) is 18.9 Å². The quantitative estimate of drug-likeness (QED) is 0.758. The maximum atomic E-state index is 10.6. The summed E-state index contributed by atoms with van der Waals surface area (Å²) in [7, 11) is 0. The van der Waals surface area contributed by atoms with Crippen LogP contribution in [0.3, 0.4) is 0 Å². The molecule has 1 aromatic rings. The highest BCUT2D eigenvalue weighted by molar-refractivity contribution is 9.10. The van der Waals surface area contributed by atoms with Crippen LogP contribution >= 0.6 is 15.9 Å². The molecule has 0 spiro atoms. The first-order chi connectivity index (χ1) is 9.36. The van der Waals surface area contributed by atoms with Crippen LogP contribution in [0.2, 0.25) is 0 Å². The van der Waals surface area contributed by atoms with E-state index in [-0.39, 0.29) is 6.42 Å². The normalized spacial score (nSPS) is 13.6. The molecule has 0 radical (unpaired) electrons. The summed E-state index contributed by atoms with van der Waals surface area (Å²) >= 11 is 3.32. The van der Waals surface area contributed by atoms with Crippen molar-refractivity contribution in [2.75, 3.05) is 0 Å². The lowest BCUT2D eigenvalue weighted by Gasteiger charge is -2.23. The van der Waals surface area contributed by atoms with Crippen molar-refractivity contribution >= 4 is 27.9 Å². The minimum absolute atomic E-state index is 0.0799. The molecule has 0 aliphatic carbocycles. The van der Waals surface area contributed by atoms with Gasteiger partial charge in [-0.25, -0.2) is 4.79 Å². The lowest BCUT2D eigenvalue weighted by Crippen LogP contribution is -2.35. The van der Waals surface area contributed by atoms with Crippen molar-refractivity contribution in [3.63, 3.8) is 0 Å². The molecule has 1 unspecified atom stereocenters. The Hall–Kier alpha value is -1.61. The predicted octanol–water partition coefficient (Wildman–Crippen LogP) is 2.73. The molecule has 0 saturated carbocycles. The van der Waals surface area contributed by atoms with E-state index < -0.39 is 23.7 Å². The Kier molecular flexibility index (Phi) is 6.84. The van der Waals surface area contributed by atoms with Crippen molar-refractivity contribution in [1.29, 1.82) is 0 Å². The number of carboxylic acid groups (broad SMARTS) is 2. The maximum Gasteiger partial charge on any atom is 0.490 e. The van der Waals surface area contributed by atoms with Crippen LogP contribution in [0.25, 0.3) is 0 Å². The van der Waals surface area contributed by atoms with Crippen molar-refractivity contribution in [3.8, 4) is 0 Å². The molecule has 1 rings (SSSR count). The minimum atomic E-state index is -5.08. The Bertz CT molecular complexity index is 517. The van der Waals surface area contributed by atoms with Crippen molar-refractivity contribution in [3.05, 3.63) is 34.3 Å². The number of nitrogens with two attached hydrogens (primary N) is 1. The van der Waals surface area contributed by atoms with Gasteiger partial charge in [-0.3, -0.25) is 4.79 Å². The van der Waals surface area contributed by atoms with Crippen LogP contribution in [-0.4, -0.2) is 28.3 Å². The lowest BCUT2D eigenvalue weighted by atomic mass is 9.90. The molecule has 0 aliphatic heterocycles. The zero-order valence-electron chi connectivity index (χ0n) is 10.8. The summed E-state index contributed by atoms with van der Waals surface area (Å²) in [6.07, 6.45) is -5.16. The van der Waals surface area contributed by atoms with E-state index in [4.69, 9.17) is 20.7 Å². The van der Waals surface area contributed by atoms with E-state index in [2.05, 4.69) is 15.9 Å². The molecule has 118 valence electrons. The van der Waals surface area contributed by atoms with Gasteiger partial charge in [0.2, 0.25) is 0 Å². The Morgan fingerprint density at radius 1 is 1.29 bits per heavy atom. The zero-order valence-corrected chi connectivity index (χ0v) is 12.4. The monoisotopic (exact) mass is 371 g/mol. The largest absolute Gasteiger partial charge is 0.490 e. The Morgan fingerprint density at radius 3 is 2.10 bits per heavy atom. The second-order valence-electron chi connectivity index (χ2n) is 4.30. The summed E-state index contributed by atoms with van der Waals surface area (Å²) < 4.78 is 32.6. The van der Waals surface area contributed by atoms with Gasteiger partial charge in [0.25, 0.3) is 0 Å². The van der Waals surface area contributed by atoms with Crippen molar-refractivity contribution in [1.82, 2.24) is 0 Å². The lowest BCUT2D eigenvalue weighted by molar-refractivity contribution is -0.192. The van der Waals surface area contributed by atoms with Gasteiger partial charge in [0.1, 0.15) is 0 Å². The van der Waals surface area contributed by atoms with E-state index in [9.17, 15) is 18.0 Å². The molecular weight excluding hydrogens is 359 g/mol. The second-order valence-corrected chi connectivity index (χ2v) is 5.22. The number of halogens is 4. The van der Waals surface area contributed by atoms with Crippen LogP contribution in [0.15, 0.2) is 28.7 Å². The van der Waals surface area contributed by atoms with Gasteiger partial charge < -0.3 is 15.9 Å². The van der Waals surface area contributed by atoms with E-state index in [1.807, 2.05) is 24.3 Å². The third-order valence-corrected chi connectivity index (χ3v) is 2.74. The number of aliphatic carboxylic acids is 2. The topological polar surface area (TPSA) is 101 Å². The third kappa shape index (κ3) is 7.66. The molecule has 4 N–H and O–H groups in total. The van der Waals surface area contributed by atoms with Crippen LogP contribution < -0.4 is 5.73 Å². The van der Waals surface area contributed by atoms with Crippen molar-refractivity contribution in [2.24, 2.45) is 5.73 Å². The number of hydrogen-bond acceptors (Lipinski definition) is 3. The third-order valence-electron chi connectivity index (χ3n) is 2.25. The summed E-state index contributed by atoms with van der Waals surface area (Å²) in [5.74, 6) is -3.65. The van der Waals surface area contributed by atoms with Gasteiger partial charge in [-0.2, -0.15) is 13.2 Å². The molecule has 1 atom stereocenters. The number of carboxylic acids is 2. The van der Waals surface area contributed by atoms with E-state index >= 15 is 0 Å². The second kappa shape index (κ2) is 7.41. The van der Waals surface area contributed by atoms with Crippen LogP contribution in [0, 0.1) is 0 Å². The summed E-state index contributed by atoms with van der Waals surface area (Å²) in [6, 6.07) is 7.38. The average Bonchev–Trinajstić information content (AvgIpc) is 2.26. The van der Waals surface area contributed by atoms with E-state index in [0.29, 0.717) is 0 Å². The SMILES string of the molecule is CC(N)(CC(=O)O)c1cccc(Br)c1.O=C(O)C(F)(F)F. The zero-order chi connectivity index (χ0) is 16.8. The van der Waals surface area contributed by atoms with Gasteiger partial charge in [0.15, 0.2) is 0 Å². The smallest absolute Gasteiger partial charge is 0.481 e. The standard InChI is InChI=1S/C10H12BrNO2.C2HF3O2/c1-10(12,6-9(13)14)7-3-2-4-8(11)5-7;3-2(4,5)1(6)7/h2-5H,6,12H2,1H3,(H,13,14);(H,6,7). The first kappa shape index (κ1) is 19.4. The molecule has 0 heterocycles. The molecule has 0 aromatic heterocycles. The fourth-order valence-electron chi connectivity index (χ4n) is 1.26. The number of benzene rings is 1. The highest BCUT2D eigenvalue weighted by Crippen LogP contribution is 2.24. The van der Waals surface area contributed by atoms with E-state index in [0.717, 1.165) is 10.0 Å². The van der Waals surface area contributed by atoms with Crippen LogP contribution in [-0.2, 0) is 15.1 Å². The molecule has 0 bridgehead atoms. The first-order valence-electron chi connectivity index (χ1n) is 5.43. The summed E-state index contributed by atoms with van der Waals surface area (Å²) in [6.45, 7) is 1.71. The van der Waals surface area contributed by atoms with Crippen LogP contribution in [0.5, 0.6) is 0 Å². The molecule has 9 heteroatoms. The van der Waals surface area contributed by atoms with Crippen molar-refractivity contribution in [2.45, 2.75) is 25.1 Å².